The minimum absolute atomic E-state index is 0. The van der Waals surface area contributed by atoms with Crippen LogP contribution >= 0.6 is 7.82 Å². The molecule has 0 amide bonds. The van der Waals surface area contributed by atoms with E-state index in [1.54, 1.807) is 0 Å². The van der Waals surface area contributed by atoms with Crippen LogP contribution in [0.2, 0.25) is 0 Å². The van der Waals surface area contributed by atoms with E-state index in [0.29, 0.717) is 0 Å². The standard InChI is InChI=1S/C6H4F11O5P.H3N/c7-2(4(10,11)12,1-21-23(18,19)20)22-6(16,17)3(8,9)5(13,14)15;/h1H2,(H2,18,19,20);1H3. The van der Waals surface area contributed by atoms with Crippen LogP contribution in [-0.2, 0) is 13.8 Å². The highest BCUT2D eigenvalue weighted by atomic mass is 31.2. The van der Waals surface area contributed by atoms with Gasteiger partial charge < -0.3 is 20.5 Å². The highest BCUT2D eigenvalue weighted by molar-refractivity contribution is 7.44. The average Bonchev–Trinajstić information content (AvgIpc) is 2.21. The number of phosphoric ester groups is 1. The lowest BCUT2D eigenvalue weighted by molar-refractivity contribution is -0.485. The Balaban J connectivity index is 0. The number of hydrogen-bond acceptors (Lipinski definition) is 4. The predicted molar refractivity (Wildman–Crippen MR) is 48.7 cm³/mol. The van der Waals surface area contributed by atoms with Crippen molar-refractivity contribution < 1.29 is 71.9 Å². The van der Waals surface area contributed by atoms with Gasteiger partial charge in [-0.05, 0) is 0 Å². The third-order valence-electron chi connectivity index (χ3n) is 1.85. The molecule has 2 atom stereocenters. The molecular formula is C6H7F11NO5P. The first-order chi connectivity index (χ1) is 9.66. The smallest absolute Gasteiger partial charge is 0.462 e. The fourth-order valence-electron chi connectivity index (χ4n) is 0.766. The van der Waals surface area contributed by atoms with Gasteiger partial charge in [-0.15, -0.1) is 0 Å². The normalized spacial score (nSPS) is 19.2. The van der Waals surface area contributed by atoms with Gasteiger partial charge in [0, 0.05) is 0 Å². The molecule has 0 bridgehead atoms. The molecule has 6 nitrogen and oxygen atoms in total. The molecule has 148 valence electrons. The molecule has 0 aromatic heterocycles. The Hall–Kier alpha value is -0.740. The Morgan fingerprint density at radius 1 is 0.875 bits per heavy atom. The summed E-state index contributed by atoms with van der Waals surface area (Å²) in [5, 5.41) is 0. The molecule has 0 aliphatic rings. The van der Waals surface area contributed by atoms with Gasteiger partial charge in [-0.3, -0.25) is 9.30 Å². The summed E-state index contributed by atoms with van der Waals surface area (Å²) in [5.41, 5.74) is 0. The number of alkyl halides is 11. The Kier molecular flexibility index (Phi) is 7.30. The Bertz CT molecular complexity index is 473. The minimum atomic E-state index is -7.27. The Morgan fingerprint density at radius 3 is 1.50 bits per heavy atom. The van der Waals surface area contributed by atoms with Gasteiger partial charge in [-0.25, -0.2) is 0 Å². The van der Waals surface area contributed by atoms with Crippen LogP contribution in [0.4, 0.5) is 48.3 Å². The zero-order chi connectivity index (χ0) is 19.1. The van der Waals surface area contributed by atoms with Gasteiger partial charge in [-0.2, -0.15) is 48.3 Å². The van der Waals surface area contributed by atoms with E-state index in [9.17, 15) is 57.8 Å². The van der Waals surface area contributed by atoms with Crippen LogP contribution in [-0.4, -0.2) is 41.7 Å². The molecular weight excluding hydrogens is 406 g/mol. The SMILES string of the molecule is O=P([O-])(O)OCC(F)(OC(F)(F)C(F)(F)C(F)(F)F)C(F)(F)F.[NH4+]. The van der Waals surface area contributed by atoms with Gasteiger partial charge in [-0.1, -0.05) is 0 Å². The second-order valence-electron chi connectivity index (χ2n) is 3.66. The van der Waals surface area contributed by atoms with Gasteiger partial charge >= 0.3 is 30.2 Å². The zero-order valence-electron chi connectivity index (χ0n) is 10.9. The monoisotopic (exact) mass is 413 g/mol. The summed E-state index contributed by atoms with van der Waals surface area (Å²) in [6.45, 7) is -3.21. The van der Waals surface area contributed by atoms with E-state index in [1.807, 2.05) is 4.74 Å². The fourth-order valence-corrected chi connectivity index (χ4v) is 1.10. The highest BCUT2D eigenvalue weighted by Crippen LogP contribution is 2.51. The maximum absolute atomic E-state index is 13.2. The van der Waals surface area contributed by atoms with E-state index in [-0.39, 0.29) is 6.15 Å². The van der Waals surface area contributed by atoms with Crippen molar-refractivity contribution in [3.63, 3.8) is 0 Å². The molecule has 5 N–H and O–H groups in total. The Labute approximate surface area is 124 Å². The van der Waals surface area contributed by atoms with Crippen molar-refractivity contribution in [2.24, 2.45) is 0 Å². The molecule has 0 heterocycles. The molecule has 0 saturated heterocycles. The summed E-state index contributed by atoms with van der Waals surface area (Å²) in [6, 6.07) is 0. The second-order valence-corrected chi connectivity index (χ2v) is 4.85. The number of hydrogen-bond donors (Lipinski definition) is 2. The van der Waals surface area contributed by atoms with Crippen molar-refractivity contribution in [1.82, 2.24) is 6.15 Å². The van der Waals surface area contributed by atoms with Crippen molar-refractivity contribution in [2.45, 2.75) is 30.2 Å². The van der Waals surface area contributed by atoms with Crippen molar-refractivity contribution >= 4 is 7.82 Å². The summed E-state index contributed by atoms with van der Waals surface area (Å²) in [4.78, 5) is 17.9. The van der Waals surface area contributed by atoms with E-state index in [4.69, 9.17) is 4.89 Å². The van der Waals surface area contributed by atoms with Gasteiger partial charge in [0.15, 0.2) is 0 Å². The lowest BCUT2D eigenvalue weighted by Crippen LogP contribution is -2.60. The summed E-state index contributed by atoms with van der Waals surface area (Å²) in [6.07, 6.45) is -21.0. The molecule has 0 spiro atoms. The molecule has 0 aliphatic heterocycles. The summed E-state index contributed by atoms with van der Waals surface area (Å²) >= 11 is 0. The first-order valence-electron chi connectivity index (χ1n) is 4.63. The fraction of sp³-hybridized carbons (Fsp3) is 1.00. The van der Waals surface area contributed by atoms with Crippen LogP contribution in [0.3, 0.4) is 0 Å². The van der Waals surface area contributed by atoms with Crippen molar-refractivity contribution in [3.05, 3.63) is 0 Å². The summed E-state index contributed by atoms with van der Waals surface area (Å²) < 4.78 is 149. The number of halogens is 11. The average molecular weight is 413 g/mol. The van der Waals surface area contributed by atoms with Crippen molar-refractivity contribution in [2.75, 3.05) is 6.61 Å². The van der Waals surface area contributed by atoms with E-state index >= 15 is 0 Å². The maximum Gasteiger partial charge on any atom is 0.462 e. The van der Waals surface area contributed by atoms with Crippen LogP contribution in [0, 0.1) is 0 Å². The Morgan fingerprint density at radius 2 is 1.25 bits per heavy atom. The van der Waals surface area contributed by atoms with Gasteiger partial charge in [0.05, 0.1) is 0 Å². The quantitative estimate of drug-likeness (QED) is 0.514. The highest BCUT2D eigenvalue weighted by Gasteiger charge is 2.78. The molecule has 2 unspecified atom stereocenters. The zero-order valence-corrected chi connectivity index (χ0v) is 11.8. The topological polar surface area (TPSA) is 115 Å². The predicted octanol–water partition coefficient (Wildman–Crippen LogP) is 2.87. The van der Waals surface area contributed by atoms with E-state index < -0.39 is 44.7 Å². The van der Waals surface area contributed by atoms with E-state index in [2.05, 4.69) is 4.52 Å². The van der Waals surface area contributed by atoms with Crippen LogP contribution in [0.1, 0.15) is 0 Å². The summed E-state index contributed by atoms with van der Waals surface area (Å²) in [7, 11) is -6.19. The molecule has 0 aromatic carbocycles. The second kappa shape index (κ2) is 6.87. The molecule has 0 saturated carbocycles. The third kappa shape index (κ3) is 5.66. The molecule has 24 heavy (non-hydrogen) atoms. The van der Waals surface area contributed by atoms with E-state index in [0.717, 1.165) is 0 Å². The number of rotatable bonds is 6. The van der Waals surface area contributed by atoms with Crippen molar-refractivity contribution in [1.29, 1.82) is 0 Å². The summed E-state index contributed by atoms with van der Waals surface area (Å²) in [5.74, 6) is -13.4. The van der Waals surface area contributed by atoms with Gasteiger partial charge in [0.2, 0.25) is 0 Å². The van der Waals surface area contributed by atoms with Crippen LogP contribution in [0.15, 0.2) is 0 Å². The van der Waals surface area contributed by atoms with Crippen LogP contribution in [0.5, 0.6) is 0 Å². The number of phosphoric acid groups is 1. The lowest BCUT2D eigenvalue weighted by Gasteiger charge is -2.35. The molecule has 0 radical (unpaired) electrons. The van der Waals surface area contributed by atoms with Crippen LogP contribution in [0.25, 0.3) is 0 Å². The third-order valence-corrected chi connectivity index (χ3v) is 2.30. The number of ether oxygens (including phenoxy) is 1. The van der Waals surface area contributed by atoms with Crippen LogP contribution < -0.4 is 11.0 Å². The largest absolute Gasteiger partial charge is 0.756 e. The van der Waals surface area contributed by atoms with Crippen molar-refractivity contribution in [3.8, 4) is 0 Å². The maximum atomic E-state index is 13.2. The first-order valence-corrected chi connectivity index (χ1v) is 6.12. The van der Waals surface area contributed by atoms with Gasteiger partial charge in [0.1, 0.15) is 6.61 Å². The van der Waals surface area contributed by atoms with Gasteiger partial charge in [0.25, 0.3) is 7.82 Å². The minimum Gasteiger partial charge on any atom is -0.756 e. The lowest BCUT2D eigenvalue weighted by atomic mass is 10.2. The molecule has 0 fully saturated rings. The molecule has 18 heteroatoms. The molecule has 0 aromatic rings. The molecule has 0 rings (SSSR count). The first kappa shape index (κ1) is 25.5. The molecule has 0 aliphatic carbocycles. The van der Waals surface area contributed by atoms with E-state index in [1.165, 1.54) is 0 Å². The number of quaternary nitrogens is 1.